The normalized spacial score (nSPS) is 14.0. The molecule has 0 atom stereocenters. The summed E-state index contributed by atoms with van der Waals surface area (Å²) in [6, 6.07) is 0. The number of nitrogens with zero attached hydrogens (tertiary/aromatic N) is 1. The molecule has 1 rings (SSSR count). The summed E-state index contributed by atoms with van der Waals surface area (Å²) in [6.45, 7) is 6.84. The van der Waals surface area contributed by atoms with Gasteiger partial charge in [0.05, 0.1) is 6.20 Å². The summed E-state index contributed by atoms with van der Waals surface area (Å²) in [6.07, 6.45) is 10.9. The van der Waals surface area contributed by atoms with Gasteiger partial charge in [0.15, 0.2) is 6.34 Å². The summed E-state index contributed by atoms with van der Waals surface area (Å²) in [7, 11) is 0. The lowest BCUT2D eigenvalue weighted by atomic mass is 10.1. The summed E-state index contributed by atoms with van der Waals surface area (Å²) >= 11 is 2.52. The van der Waals surface area contributed by atoms with Crippen LogP contribution in [-0.2, 0) is 0 Å². The molecule has 0 aromatic carbocycles. The van der Waals surface area contributed by atoms with E-state index in [1.807, 2.05) is 11.5 Å². The van der Waals surface area contributed by atoms with Crippen molar-refractivity contribution in [3.63, 3.8) is 0 Å². The Hall–Kier alpha value is 0.100. The molecule has 1 aliphatic heterocycles. The molecule has 2 N–H and O–H groups in total. The first kappa shape index (κ1) is 14.1. The summed E-state index contributed by atoms with van der Waals surface area (Å²) < 4.78 is 0.521. The Balaban J connectivity index is 0.000000280. The molecule has 0 radical (unpaired) electrons. The molecule has 1 aliphatic rings. The summed E-state index contributed by atoms with van der Waals surface area (Å²) in [5.41, 5.74) is 0. The van der Waals surface area contributed by atoms with Crippen LogP contribution in [0.3, 0.4) is 0 Å². The van der Waals surface area contributed by atoms with Crippen LogP contribution in [0.2, 0.25) is 0 Å². The van der Waals surface area contributed by atoms with E-state index in [9.17, 15) is 0 Å². The number of unbranched alkanes of at least 4 members (excludes halogenated alkanes) is 2. The molecule has 14 heavy (non-hydrogen) atoms. The van der Waals surface area contributed by atoms with Crippen LogP contribution in [0.5, 0.6) is 0 Å². The fraction of sp³-hybridized carbons (Fsp3) is 0.727. The molecule has 0 aromatic rings. The van der Waals surface area contributed by atoms with Crippen molar-refractivity contribution in [1.82, 2.24) is 0 Å². The predicted molar refractivity (Wildman–Crippen MR) is 71.8 cm³/mol. The second kappa shape index (κ2) is 8.41. The van der Waals surface area contributed by atoms with Crippen molar-refractivity contribution >= 4 is 28.9 Å². The molecule has 2 nitrogen and oxygen atoms in total. The number of rotatable bonds is 4. The number of nitrogens with two attached hydrogens (primary N) is 1. The van der Waals surface area contributed by atoms with Crippen LogP contribution in [-0.4, -0.2) is 9.76 Å². The van der Waals surface area contributed by atoms with E-state index in [1.54, 1.807) is 12.5 Å². The largest absolute Gasteiger partial charge is 0.276 e. The predicted octanol–water partition coefficient (Wildman–Crippen LogP) is 2.84. The quantitative estimate of drug-likeness (QED) is 0.470. The van der Waals surface area contributed by atoms with Gasteiger partial charge in [-0.15, -0.1) is 0 Å². The Morgan fingerprint density at radius 3 is 2.36 bits per heavy atom. The Kier molecular flexibility index (Phi) is 8.47. The average molecular weight is 309 g/mol. The number of hydrogen-bond acceptors (Lipinski definition) is 1. The highest BCUT2D eigenvalue weighted by atomic mass is 127. The summed E-state index contributed by atoms with van der Waals surface area (Å²) in [5.74, 6) is 0. The minimum Gasteiger partial charge on any atom is -0.276 e. The highest BCUT2D eigenvalue weighted by molar-refractivity contribution is 14.1. The number of alkyl halides is 1. The third kappa shape index (κ3) is 12.1. The molecule has 3 heteroatoms. The molecule has 0 fully saturated rings. The van der Waals surface area contributed by atoms with Gasteiger partial charge < -0.3 is 0 Å². The third-order valence-electron chi connectivity index (χ3n) is 1.83. The van der Waals surface area contributed by atoms with Crippen LogP contribution in [0.25, 0.3) is 0 Å². The highest BCUT2D eigenvalue weighted by Gasteiger charge is 2.10. The van der Waals surface area contributed by atoms with Gasteiger partial charge in [-0.1, -0.05) is 62.6 Å². The molecule has 0 aromatic heterocycles. The van der Waals surface area contributed by atoms with E-state index >= 15 is 0 Å². The molecule has 82 valence electrons. The lowest BCUT2D eigenvalue weighted by molar-refractivity contribution is -0.447. The summed E-state index contributed by atoms with van der Waals surface area (Å²) in [4.78, 5) is 3.72. The van der Waals surface area contributed by atoms with Crippen molar-refractivity contribution in [2.45, 2.75) is 49.9 Å². The molecule has 0 saturated carbocycles. The maximum Gasteiger partial charge on any atom is 0.191 e. The van der Waals surface area contributed by atoms with Gasteiger partial charge in [-0.25, -0.2) is 4.99 Å². The van der Waals surface area contributed by atoms with E-state index in [1.165, 1.54) is 25.7 Å². The standard InChI is InChI=1S/C8H17I.C3H4N2/c1-4-5-6-7-8(2,3)9;1-2-5-3-4-1/h4-7H2,1-3H3;1-3H,(H,4,5)/p+1. The fourth-order valence-electron chi connectivity index (χ4n) is 1.04. The lowest BCUT2D eigenvalue weighted by Gasteiger charge is -2.14. The van der Waals surface area contributed by atoms with Crippen LogP contribution in [0.4, 0.5) is 0 Å². The van der Waals surface area contributed by atoms with Gasteiger partial charge in [-0.2, -0.15) is 0 Å². The topological polar surface area (TPSA) is 29.0 Å². The first-order valence-electron chi connectivity index (χ1n) is 5.27. The first-order valence-corrected chi connectivity index (χ1v) is 6.34. The van der Waals surface area contributed by atoms with Crippen LogP contribution in [0.15, 0.2) is 17.4 Å². The number of halogens is 1. The lowest BCUT2D eigenvalue weighted by Crippen LogP contribution is -2.74. The fourth-order valence-corrected chi connectivity index (χ4v) is 1.43. The van der Waals surface area contributed by atoms with Gasteiger partial charge in [0.25, 0.3) is 0 Å². The smallest absolute Gasteiger partial charge is 0.191 e. The van der Waals surface area contributed by atoms with Crippen molar-refractivity contribution < 1.29 is 5.32 Å². The van der Waals surface area contributed by atoms with Crippen LogP contribution >= 0.6 is 22.6 Å². The second-order valence-electron chi connectivity index (χ2n) is 4.01. The Morgan fingerprint density at radius 2 is 2.07 bits per heavy atom. The summed E-state index contributed by atoms with van der Waals surface area (Å²) in [5, 5.41) is 1.89. The molecule has 0 bridgehead atoms. The average Bonchev–Trinajstić information content (AvgIpc) is 2.59. The van der Waals surface area contributed by atoms with Crippen molar-refractivity contribution in [3.05, 3.63) is 12.4 Å². The van der Waals surface area contributed by atoms with Crippen molar-refractivity contribution in [2.24, 2.45) is 4.99 Å². The van der Waals surface area contributed by atoms with Gasteiger partial charge in [0, 0.05) is 3.42 Å². The van der Waals surface area contributed by atoms with E-state index in [0.29, 0.717) is 3.42 Å². The zero-order chi connectivity index (χ0) is 10.9. The van der Waals surface area contributed by atoms with Crippen molar-refractivity contribution in [1.29, 1.82) is 0 Å². The maximum absolute atomic E-state index is 3.72. The maximum atomic E-state index is 3.72. The van der Waals surface area contributed by atoms with E-state index in [2.05, 4.69) is 48.4 Å². The highest BCUT2D eigenvalue weighted by Crippen LogP contribution is 2.23. The Labute approximate surface area is 101 Å². The molecule has 0 unspecified atom stereocenters. The Bertz CT molecular complexity index is 170. The van der Waals surface area contributed by atoms with Gasteiger partial charge in [-0.3, -0.25) is 5.32 Å². The monoisotopic (exact) mass is 309 g/mol. The third-order valence-corrected chi connectivity index (χ3v) is 2.37. The van der Waals surface area contributed by atoms with E-state index in [0.717, 1.165) is 0 Å². The first-order chi connectivity index (χ1) is 6.56. The molecular weight excluding hydrogens is 287 g/mol. The zero-order valence-corrected chi connectivity index (χ0v) is 11.6. The second-order valence-corrected chi connectivity index (χ2v) is 6.93. The SMILES string of the molecule is C1=C[NH2+]C=N1.CCCCCC(C)(C)I. The van der Waals surface area contributed by atoms with Crippen LogP contribution in [0, 0.1) is 0 Å². The number of hydrogen-bond donors (Lipinski definition) is 1. The van der Waals surface area contributed by atoms with Gasteiger partial charge >= 0.3 is 0 Å². The zero-order valence-electron chi connectivity index (χ0n) is 9.46. The van der Waals surface area contributed by atoms with Crippen LogP contribution < -0.4 is 5.32 Å². The van der Waals surface area contributed by atoms with E-state index in [-0.39, 0.29) is 0 Å². The van der Waals surface area contributed by atoms with Crippen molar-refractivity contribution in [3.8, 4) is 0 Å². The molecular formula is C11H22IN2+. The Morgan fingerprint density at radius 1 is 1.36 bits per heavy atom. The molecule has 0 aliphatic carbocycles. The van der Waals surface area contributed by atoms with Gasteiger partial charge in [-0.05, 0) is 6.42 Å². The van der Waals surface area contributed by atoms with Gasteiger partial charge in [0.2, 0.25) is 0 Å². The molecule has 0 saturated heterocycles. The minimum atomic E-state index is 0.521. The van der Waals surface area contributed by atoms with E-state index in [4.69, 9.17) is 0 Å². The molecule has 0 spiro atoms. The minimum absolute atomic E-state index is 0.521. The molecule has 0 amide bonds. The molecule has 1 heterocycles. The number of aliphatic imine (C=N–C) groups is 1. The number of quaternary nitrogens is 1. The van der Waals surface area contributed by atoms with Crippen LogP contribution in [0.1, 0.15) is 46.5 Å². The van der Waals surface area contributed by atoms with E-state index < -0.39 is 0 Å². The van der Waals surface area contributed by atoms with Gasteiger partial charge in [0.1, 0.15) is 6.20 Å². The van der Waals surface area contributed by atoms with Crippen molar-refractivity contribution in [2.75, 3.05) is 0 Å².